The highest BCUT2D eigenvalue weighted by atomic mass is 19.4. The largest absolute Gasteiger partial charge is 0.573 e. The van der Waals surface area contributed by atoms with E-state index in [9.17, 15) is 18.0 Å². The van der Waals surface area contributed by atoms with Crippen LogP contribution in [0.5, 0.6) is 5.75 Å². The first-order valence-electron chi connectivity index (χ1n) is 5.44. The molecule has 0 aliphatic rings. The number of carboxylic acid groups (broad SMARTS) is 1. The molecule has 2 aromatic rings. The minimum absolute atomic E-state index is 0.258. The van der Waals surface area contributed by atoms with Gasteiger partial charge in [-0.15, -0.1) is 13.2 Å². The fourth-order valence-corrected chi connectivity index (χ4v) is 1.59. The van der Waals surface area contributed by atoms with Gasteiger partial charge < -0.3 is 14.4 Å². The molecule has 0 bridgehead atoms. The third-order valence-corrected chi connectivity index (χ3v) is 2.32. The van der Waals surface area contributed by atoms with Gasteiger partial charge >= 0.3 is 12.3 Å². The van der Waals surface area contributed by atoms with Gasteiger partial charge in [0, 0.05) is 12.3 Å². The van der Waals surface area contributed by atoms with Gasteiger partial charge in [0.25, 0.3) is 0 Å². The molecule has 0 aliphatic heterocycles. The molecule has 1 N–H and O–H groups in total. The molecule has 1 aromatic carbocycles. The van der Waals surface area contributed by atoms with Crippen LogP contribution in [0, 0.1) is 0 Å². The second kappa shape index (κ2) is 5.24. The lowest BCUT2D eigenvalue weighted by atomic mass is 10.3. The SMILES string of the molecule is O=C(O)Cc1cn(-c2cccc(OC(F)(F)F)c2)cn1. The van der Waals surface area contributed by atoms with Gasteiger partial charge in [-0.05, 0) is 12.1 Å². The van der Waals surface area contributed by atoms with Crippen molar-refractivity contribution in [1.82, 2.24) is 9.55 Å². The Labute approximate surface area is 111 Å². The van der Waals surface area contributed by atoms with Crippen molar-refractivity contribution in [3.05, 3.63) is 42.5 Å². The average molecular weight is 286 g/mol. The fraction of sp³-hybridized carbons (Fsp3) is 0.167. The number of benzene rings is 1. The zero-order valence-corrected chi connectivity index (χ0v) is 9.96. The molecule has 106 valence electrons. The highest BCUT2D eigenvalue weighted by Crippen LogP contribution is 2.24. The van der Waals surface area contributed by atoms with Crippen LogP contribution < -0.4 is 4.74 Å². The lowest BCUT2D eigenvalue weighted by Gasteiger charge is -2.10. The predicted octanol–water partition coefficient (Wildman–Crippen LogP) is 2.40. The first kappa shape index (κ1) is 13.9. The minimum atomic E-state index is -4.76. The zero-order valence-electron chi connectivity index (χ0n) is 9.96. The number of aromatic nitrogens is 2. The first-order valence-corrected chi connectivity index (χ1v) is 5.44. The van der Waals surface area contributed by atoms with Gasteiger partial charge in [0.2, 0.25) is 0 Å². The number of nitrogens with zero attached hydrogens (tertiary/aromatic N) is 2. The normalized spacial score (nSPS) is 11.3. The van der Waals surface area contributed by atoms with Crippen molar-refractivity contribution in [2.45, 2.75) is 12.8 Å². The Morgan fingerprint density at radius 3 is 2.80 bits per heavy atom. The molecule has 0 atom stereocenters. The molecule has 8 heteroatoms. The van der Waals surface area contributed by atoms with E-state index in [4.69, 9.17) is 5.11 Å². The molecule has 1 heterocycles. The maximum Gasteiger partial charge on any atom is 0.573 e. The number of imidazole rings is 1. The van der Waals surface area contributed by atoms with Gasteiger partial charge in [-0.25, -0.2) is 4.98 Å². The molecule has 0 saturated carbocycles. The predicted molar refractivity (Wildman–Crippen MR) is 61.6 cm³/mol. The summed E-state index contributed by atoms with van der Waals surface area (Å²) in [7, 11) is 0. The summed E-state index contributed by atoms with van der Waals surface area (Å²) in [6, 6.07) is 5.30. The number of carbonyl (C=O) groups is 1. The molecule has 0 fully saturated rings. The van der Waals surface area contributed by atoms with Gasteiger partial charge in [-0.3, -0.25) is 4.79 Å². The molecule has 5 nitrogen and oxygen atoms in total. The zero-order chi connectivity index (χ0) is 14.8. The van der Waals surface area contributed by atoms with Crippen molar-refractivity contribution in [2.24, 2.45) is 0 Å². The first-order chi connectivity index (χ1) is 9.33. The Kier molecular flexibility index (Phi) is 3.64. The molecular formula is C12H9F3N2O3. The molecule has 0 spiro atoms. The Morgan fingerprint density at radius 1 is 1.40 bits per heavy atom. The number of hydrogen-bond acceptors (Lipinski definition) is 3. The van der Waals surface area contributed by atoms with Crippen molar-refractivity contribution < 1.29 is 27.8 Å². The quantitative estimate of drug-likeness (QED) is 0.937. The van der Waals surface area contributed by atoms with Crippen molar-refractivity contribution in [2.75, 3.05) is 0 Å². The number of alkyl halides is 3. The summed E-state index contributed by atoms with van der Waals surface area (Å²) in [5, 5.41) is 8.62. The van der Waals surface area contributed by atoms with Gasteiger partial charge in [0.15, 0.2) is 0 Å². The summed E-state index contributed by atoms with van der Waals surface area (Å²) < 4.78 is 41.6. The highest BCUT2D eigenvalue weighted by Gasteiger charge is 2.31. The summed E-state index contributed by atoms with van der Waals surface area (Å²) in [6.07, 6.45) is -2.26. The number of hydrogen-bond donors (Lipinski definition) is 1. The Hall–Kier alpha value is -2.51. The highest BCUT2D eigenvalue weighted by molar-refractivity contribution is 5.69. The summed E-state index contributed by atoms with van der Waals surface area (Å²) in [4.78, 5) is 14.4. The van der Waals surface area contributed by atoms with Crippen LogP contribution in [0.4, 0.5) is 13.2 Å². The maximum absolute atomic E-state index is 12.1. The average Bonchev–Trinajstić information content (AvgIpc) is 2.74. The van der Waals surface area contributed by atoms with E-state index < -0.39 is 12.3 Å². The monoisotopic (exact) mass is 286 g/mol. The molecule has 0 saturated heterocycles. The third kappa shape index (κ3) is 3.74. The molecule has 0 amide bonds. The molecule has 0 aliphatic carbocycles. The smallest absolute Gasteiger partial charge is 0.481 e. The summed E-state index contributed by atoms with van der Waals surface area (Å²) in [5.74, 6) is -1.40. The number of ether oxygens (including phenoxy) is 1. The summed E-state index contributed by atoms with van der Waals surface area (Å²) >= 11 is 0. The van der Waals surface area contributed by atoms with Crippen LogP contribution in [0.25, 0.3) is 5.69 Å². The fourth-order valence-electron chi connectivity index (χ4n) is 1.59. The lowest BCUT2D eigenvalue weighted by molar-refractivity contribution is -0.274. The van der Waals surface area contributed by atoms with Crippen molar-refractivity contribution in [3.8, 4) is 11.4 Å². The van der Waals surface area contributed by atoms with Crippen LogP contribution in [0.2, 0.25) is 0 Å². The van der Waals surface area contributed by atoms with Crippen LogP contribution in [-0.2, 0) is 11.2 Å². The van der Waals surface area contributed by atoms with Gasteiger partial charge in [-0.2, -0.15) is 0 Å². The molecule has 2 rings (SSSR count). The standard InChI is InChI=1S/C12H9F3N2O3/c13-12(14,15)20-10-3-1-2-9(5-10)17-6-8(16-7-17)4-11(18)19/h1-3,5-7H,4H2,(H,18,19). The van der Waals surface area contributed by atoms with Crippen LogP contribution in [0.15, 0.2) is 36.8 Å². The van der Waals surface area contributed by atoms with Gasteiger partial charge in [0.05, 0.1) is 24.1 Å². The number of halogens is 3. The van der Waals surface area contributed by atoms with E-state index in [2.05, 4.69) is 9.72 Å². The Bertz CT molecular complexity index is 622. The van der Waals surface area contributed by atoms with Crippen molar-refractivity contribution >= 4 is 5.97 Å². The van der Waals surface area contributed by atoms with E-state index >= 15 is 0 Å². The molecular weight excluding hydrogens is 277 g/mol. The van der Waals surface area contributed by atoms with Crippen LogP contribution in [0.3, 0.4) is 0 Å². The second-order valence-electron chi connectivity index (χ2n) is 3.89. The second-order valence-corrected chi connectivity index (χ2v) is 3.89. The summed E-state index contributed by atoms with van der Waals surface area (Å²) in [5.41, 5.74) is 0.690. The number of rotatable bonds is 4. The third-order valence-electron chi connectivity index (χ3n) is 2.32. The maximum atomic E-state index is 12.1. The van der Waals surface area contributed by atoms with Crippen LogP contribution in [-0.4, -0.2) is 27.0 Å². The van der Waals surface area contributed by atoms with Crippen molar-refractivity contribution in [1.29, 1.82) is 0 Å². The van der Waals surface area contributed by atoms with E-state index in [1.54, 1.807) is 6.07 Å². The van der Waals surface area contributed by atoms with Crippen LogP contribution >= 0.6 is 0 Å². The minimum Gasteiger partial charge on any atom is -0.481 e. The van der Waals surface area contributed by atoms with E-state index in [1.807, 2.05) is 0 Å². The van der Waals surface area contributed by atoms with E-state index in [0.717, 1.165) is 0 Å². The van der Waals surface area contributed by atoms with Crippen LogP contribution in [0.1, 0.15) is 5.69 Å². The Morgan fingerprint density at radius 2 is 2.15 bits per heavy atom. The van der Waals surface area contributed by atoms with E-state index in [-0.39, 0.29) is 12.2 Å². The molecule has 1 aromatic heterocycles. The molecule has 20 heavy (non-hydrogen) atoms. The lowest BCUT2D eigenvalue weighted by Crippen LogP contribution is -2.17. The number of carboxylic acids is 1. The molecule has 0 radical (unpaired) electrons. The van der Waals surface area contributed by atoms with Gasteiger partial charge in [0.1, 0.15) is 5.75 Å². The van der Waals surface area contributed by atoms with E-state index in [0.29, 0.717) is 11.4 Å². The van der Waals surface area contributed by atoms with Gasteiger partial charge in [-0.1, -0.05) is 6.07 Å². The Balaban J connectivity index is 2.22. The summed E-state index contributed by atoms with van der Waals surface area (Å²) in [6.45, 7) is 0. The topological polar surface area (TPSA) is 64.3 Å². The van der Waals surface area contributed by atoms with E-state index in [1.165, 1.54) is 35.3 Å². The molecule has 0 unspecified atom stereocenters. The van der Waals surface area contributed by atoms with Crippen molar-refractivity contribution in [3.63, 3.8) is 0 Å². The number of aliphatic carboxylic acids is 1.